The third-order valence-corrected chi connectivity index (χ3v) is 4.06. The Balaban J connectivity index is 1.41. The van der Waals surface area contributed by atoms with Crippen LogP contribution in [0.2, 0.25) is 0 Å². The largest absolute Gasteiger partial charge is 0.456 e. The predicted molar refractivity (Wildman–Crippen MR) is 98.7 cm³/mol. The van der Waals surface area contributed by atoms with Gasteiger partial charge in [-0.05, 0) is 36.2 Å². The number of benzene rings is 2. The Kier molecular flexibility index (Phi) is 4.04. The number of nitrogens with zero attached hydrogens (tertiary/aromatic N) is 1. The van der Waals surface area contributed by atoms with Crippen molar-refractivity contribution in [2.24, 2.45) is 0 Å². The molecule has 2 N–H and O–H groups in total. The molecule has 0 atom stereocenters. The summed E-state index contributed by atoms with van der Waals surface area (Å²) in [6, 6.07) is 17.2. The maximum atomic E-state index is 12.0. The molecule has 0 aliphatic rings. The van der Waals surface area contributed by atoms with Gasteiger partial charge in [0.2, 0.25) is 0 Å². The highest BCUT2D eigenvalue weighted by Gasteiger charge is 2.08. The van der Waals surface area contributed by atoms with E-state index < -0.39 is 0 Å². The molecule has 0 aliphatic carbocycles. The smallest absolute Gasteiger partial charge is 0.319 e. The Hall–Kier alpha value is -3.34. The van der Waals surface area contributed by atoms with E-state index in [-0.39, 0.29) is 6.03 Å². The highest BCUT2D eigenvalue weighted by Crippen LogP contribution is 2.30. The van der Waals surface area contributed by atoms with Crippen LogP contribution in [0.3, 0.4) is 0 Å². The van der Waals surface area contributed by atoms with Gasteiger partial charge in [-0.1, -0.05) is 24.3 Å². The lowest BCUT2D eigenvalue weighted by Gasteiger charge is -2.07. The Bertz CT molecular complexity index is 1020. The number of hydrogen-bond donors (Lipinski definition) is 2. The number of nitrogens with one attached hydrogen (secondary N) is 2. The molecule has 0 radical (unpaired) electrons. The number of rotatable bonds is 4. The average molecular weight is 331 g/mol. The van der Waals surface area contributed by atoms with E-state index in [9.17, 15) is 4.79 Å². The summed E-state index contributed by atoms with van der Waals surface area (Å²) < 4.78 is 5.83. The minimum absolute atomic E-state index is 0.237. The maximum absolute atomic E-state index is 12.0. The lowest BCUT2D eigenvalue weighted by molar-refractivity contribution is 0.252. The molecule has 0 fully saturated rings. The van der Waals surface area contributed by atoms with Gasteiger partial charge in [0.05, 0.1) is 0 Å². The molecule has 0 spiro atoms. The molecule has 0 aliphatic heterocycles. The summed E-state index contributed by atoms with van der Waals surface area (Å²) in [7, 11) is 0. The molecule has 124 valence electrons. The van der Waals surface area contributed by atoms with E-state index in [1.165, 1.54) is 0 Å². The fourth-order valence-electron chi connectivity index (χ4n) is 2.85. The molecular formula is C20H17N3O2. The molecule has 0 saturated heterocycles. The van der Waals surface area contributed by atoms with E-state index in [0.29, 0.717) is 12.2 Å². The quantitative estimate of drug-likeness (QED) is 0.584. The van der Waals surface area contributed by atoms with Crippen molar-refractivity contribution in [2.45, 2.75) is 6.42 Å². The van der Waals surface area contributed by atoms with Crippen LogP contribution < -0.4 is 10.6 Å². The summed E-state index contributed by atoms with van der Waals surface area (Å²) in [6.45, 7) is 0.546. The summed E-state index contributed by atoms with van der Waals surface area (Å²) in [5.74, 6) is 0. The van der Waals surface area contributed by atoms with Crippen molar-refractivity contribution >= 4 is 33.7 Å². The molecule has 25 heavy (non-hydrogen) atoms. The number of pyridine rings is 1. The summed E-state index contributed by atoms with van der Waals surface area (Å²) >= 11 is 0. The highest BCUT2D eigenvalue weighted by molar-refractivity contribution is 6.06. The second-order valence-corrected chi connectivity index (χ2v) is 5.80. The molecule has 2 aromatic heterocycles. The molecule has 2 aromatic carbocycles. The highest BCUT2D eigenvalue weighted by atomic mass is 16.3. The van der Waals surface area contributed by atoms with Crippen molar-refractivity contribution in [1.29, 1.82) is 0 Å². The van der Waals surface area contributed by atoms with Crippen LogP contribution in [0.1, 0.15) is 5.56 Å². The number of carbonyl (C=O) groups is 1. The number of hydrogen-bond acceptors (Lipinski definition) is 3. The summed E-state index contributed by atoms with van der Waals surface area (Å²) in [4.78, 5) is 16.1. The zero-order valence-electron chi connectivity index (χ0n) is 13.5. The van der Waals surface area contributed by atoms with Crippen molar-refractivity contribution in [3.05, 3.63) is 72.6 Å². The number of aromatic nitrogens is 1. The first-order valence-corrected chi connectivity index (χ1v) is 8.15. The topological polar surface area (TPSA) is 67.2 Å². The fraction of sp³-hybridized carbons (Fsp3) is 0.100. The number of carbonyl (C=O) groups excluding carboxylic acids is 1. The van der Waals surface area contributed by atoms with Crippen molar-refractivity contribution in [3.8, 4) is 0 Å². The molecule has 4 rings (SSSR count). The molecule has 0 bridgehead atoms. The number of amides is 2. The van der Waals surface area contributed by atoms with E-state index in [1.807, 2.05) is 54.6 Å². The Morgan fingerprint density at radius 1 is 1.00 bits per heavy atom. The molecule has 0 saturated carbocycles. The summed E-state index contributed by atoms with van der Waals surface area (Å²) in [6.07, 6.45) is 4.27. The summed E-state index contributed by atoms with van der Waals surface area (Å²) in [5, 5.41) is 7.80. The van der Waals surface area contributed by atoms with Gasteiger partial charge in [0.25, 0.3) is 0 Å². The number of urea groups is 1. The van der Waals surface area contributed by atoms with Gasteiger partial charge < -0.3 is 15.1 Å². The minimum Gasteiger partial charge on any atom is -0.456 e. The van der Waals surface area contributed by atoms with Crippen molar-refractivity contribution in [1.82, 2.24) is 10.3 Å². The van der Waals surface area contributed by atoms with Gasteiger partial charge in [0.1, 0.15) is 11.2 Å². The van der Waals surface area contributed by atoms with E-state index in [2.05, 4.69) is 15.6 Å². The van der Waals surface area contributed by atoms with Gasteiger partial charge in [-0.3, -0.25) is 4.98 Å². The molecule has 2 heterocycles. The Labute approximate surface area is 144 Å². The van der Waals surface area contributed by atoms with Crippen molar-refractivity contribution in [3.63, 3.8) is 0 Å². The minimum atomic E-state index is -0.237. The van der Waals surface area contributed by atoms with Gasteiger partial charge in [-0.2, -0.15) is 0 Å². The van der Waals surface area contributed by atoms with Crippen LogP contribution in [-0.4, -0.2) is 17.6 Å². The van der Waals surface area contributed by atoms with Gasteiger partial charge in [0.15, 0.2) is 0 Å². The van der Waals surface area contributed by atoms with Crippen molar-refractivity contribution < 1.29 is 9.21 Å². The Morgan fingerprint density at radius 3 is 2.76 bits per heavy atom. The second kappa shape index (κ2) is 6.65. The van der Waals surface area contributed by atoms with Crippen molar-refractivity contribution in [2.75, 3.05) is 11.9 Å². The monoisotopic (exact) mass is 331 g/mol. The average Bonchev–Trinajstić information content (AvgIpc) is 3.00. The van der Waals surface area contributed by atoms with Crippen LogP contribution in [0.25, 0.3) is 21.9 Å². The first-order valence-electron chi connectivity index (χ1n) is 8.15. The third kappa shape index (κ3) is 3.30. The van der Waals surface area contributed by atoms with E-state index in [1.54, 1.807) is 12.4 Å². The molecule has 0 unspecified atom stereocenters. The zero-order chi connectivity index (χ0) is 17.1. The SMILES string of the molecule is O=C(NCCc1cccnc1)Nc1ccc2c(c1)oc1ccccc12. The lowest BCUT2D eigenvalue weighted by Crippen LogP contribution is -2.30. The first-order chi connectivity index (χ1) is 12.3. The summed E-state index contributed by atoms with van der Waals surface area (Å²) in [5.41, 5.74) is 3.39. The van der Waals surface area contributed by atoms with E-state index in [4.69, 9.17) is 4.42 Å². The molecule has 5 nitrogen and oxygen atoms in total. The molecular weight excluding hydrogens is 314 g/mol. The van der Waals surface area contributed by atoms with Crippen LogP contribution in [0.4, 0.5) is 10.5 Å². The standard InChI is InChI=1S/C20H17N3O2/c24-20(22-11-9-14-4-3-10-21-13-14)23-15-7-8-17-16-5-1-2-6-18(16)25-19(17)12-15/h1-8,10,12-13H,9,11H2,(H2,22,23,24). The van der Waals surface area contributed by atoms with E-state index in [0.717, 1.165) is 33.9 Å². The van der Waals surface area contributed by atoms with Crippen LogP contribution in [0.15, 0.2) is 71.4 Å². The first kappa shape index (κ1) is 15.2. The second-order valence-electron chi connectivity index (χ2n) is 5.80. The maximum Gasteiger partial charge on any atom is 0.319 e. The zero-order valence-corrected chi connectivity index (χ0v) is 13.5. The van der Waals surface area contributed by atoms with Crippen LogP contribution in [-0.2, 0) is 6.42 Å². The van der Waals surface area contributed by atoms with Crippen LogP contribution in [0.5, 0.6) is 0 Å². The number of para-hydroxylation sites is 1. The Morgan fingerprint density at radius 2 is 1.88 bits per heavy atom. The van der Waals surface area contributed by atoms with Gasteiger partial charge in [0, 0.05) is 41.5 Å². The third-order valence-electron chi connectivity index (χ3n) is 4.06. The molecule has 2 amide bonds. The van der Waals surface area contributed by atoms with Crippen LogP contribution in [0, 0.1) is 0 Å². The molecule has 4 aromatic rings. The predicted octanol–water partition coefficient (Wildman–Crippen LogP) is 4.35. The van der Waals surface area contributed by atoms with Gasteiger partial charge >= 0.3 is 6.03 Å². The van der Waals surface area contributed by atoms with E-state index >= 15 is 0 Å². The lowest BCUT2D eigenvalue weighted by atomic mass is 10.1. The van der Waals surface area contributed by atoms with Gasteiger partial charge in [-0.15, -0.1) is 0 Å². The normalized spacial score (nSPS) is 10.9. The number of anilines is 1. The fourth-order valence-corrected chi connectivity index (χ4v) is 2.85. The van der Waals surface area contributed by atoms with Crippen LogP contribution >= 0.6 is 0 Å². The molecule has 5 heteroatoms. The van der Waals surface area contributed by atoms with Gasteiger partial charge in [-0.25, -0.2) is 4.79 Å². The number of fused-ring (bicyclic) bond motifs is 3. The number of furan rings is 1.